The second-order valence-electron chi connectivity index (χ2n) is 7.30. The van der Waals surface area contributed by atoms with Gasteiger partial charge in [0.25, 0.3) is 0 Å². The number of carbonyl (C=O) groups is 1. The predicted octanol–water partition coefficient (Wildman–Crippen LogP) is -0.777. The lowest BCUT2D eigenvalue weighted by Crippen LogP contribution is -2.65. The van der Waals surface area contributed by atoms with Gasteiger partial charge in [-0.3, -0.25) is 4.79 Å². The molecule has 0 aromatic heterocycles. The van der Waals surface area contributed by atoms with Gasteiger partial charge in [0.1, 0.15) is 29.9 Å². The Labute approximate surface area is 170 Å². The first-order valence-electron chi connectivity index (χ1n) is 9.24. The molecule has 10 heteroatoms. The van der Waals surface area contributed by atoms with Gasteiger partial charge in [-0.05, 0) is 38.5 Å². The van der Waals surface area contributed by atoms with Crippen molar-refractivity contribution in [3.63, 3.8) is 0 Å². The number of thioether (sulfide) groups is 1. The van der Waals surface area contributed by atoms with Crippen LogP contribution < -0.4 is 10.6 Å². The Hall–Kier alpha value is -0.130. The Morgan fingerprint density at radius 1 is 1.30 bits per heavy atom. The van der Waals surface area contributed by atoms with Crippen molar-refractivity contribution < 1.29 is 30.0 Å². The average molecular weight is 429 g/mol. The van der Waals surface area contributed by atoms with Crippen molar-refractivity contribution in [3.8, 4) is 0 Å². The predicted molar refractivity (Wildman–Crippen MR) is 106 cm³/mol. The minimum absolute atomic E-state index is 0. The molecule has 160 valence electrons. The molecule has 0 aromatic carbocycles. The van der Waals surface area contributed by atoms with Crippen molar-refractivity contribution in [2.24, 2.45) is 5.92 Å². The van der Waals surface area contributed by atoms with Crippen LogP contribution in [-0.2, 0) is 9.53 Å². The van der Waals surface area contributed by atoms with Crippen LogP contribution in [-0.4, -0.2) is 87.2 Å². The molecular formula is C17H33ClN2O6S. The fraction of sp³-hybridized carbons (Fsp3) is 0.941. The number of hydrogen-bond donors (Lipinski definition) is 6. The lowest BCUT2D eigenvalue weighted by atomic mass is 9.92. The molecule has 0 bridgehead atoms. The molecule has 0 aromatic rings. The molecule has 6 N–H and O–H groups in total. The average Bonchev–Trinajstić information content (AvgIpc) is 3.07. The zero-order valence-corrected chi connectivity index (χ0v) is 17.6. The van der Waals surface area contributed by atoms with Gasteiger partial charge >= 0.3 is 0 Å². The number of aliphatic hydroxyl groups excluding tert-OH is 4. The highest BCUT2D eigenvalue weighted by atomic mass is 35.5. The van der Waals surface area contributed by atoms with Crippen LogP contribution in [0, 0.1) is 5.92 Å². The molecule has 2 aliphatic rings. The smallest absolute Gasteiger partial charge is 0.237 e. The highest BCUT2D eigenvalue weighted by molar-refractivity contribution is 7.99. The van der Waals surface area contributed by atoms with E-state index in [1.807, 2.05) is 0 Å². The summed E-state index contributed by atoms with van der Waals surface area (Å²) in [5, 5.41) is 46.5. The Kier molecular flexibility index (Phi) is 10.3. The summed E-state index contributed by atoms with van der Waals surface area (Å²) in [6.45, 7) is 4.39. The van der Waals surface area contributed by atoms with E-state index in [0.29, 0.717) is 5.92 Å². The van der Waals surface area contributed by atoms with Crippen LogP contribution in [0.1, 0.15) is 33.1 Å². The highest BCUT2D eigenvalue weighted by Crippen LogP contribution is 2.29. The van der Waals surface area contributed by atoms with Gasteiger partial charge in [-0.25, -0.2) is 0 Å². The SMILES string of the molecule is CCC[C@H]1CN[C@H](C(=O)N[C@@H]([C@H]2O[C@H](SC)[C@H](O)[C@@H](O)[C@H]2O)[C@@H](C)O)C1.Cl. The van der Waals surface area contributed by atoms with Crippen LogP contribution in [0.5, 0.6) is 0 Å². The third-order valence-electron chi connectivity index (χ3n) is 5.26. The lowest BCUT2D eigenvalue weighted by molar-refractivity contribution is -0.211. The fourth-order valence-corrected chi connectivity index (χ4v) is 4.42. The van der Waals surface area contributed by atoms with Crippen molar-refractivity contribution >= 4 is 30.1 Å². The molecule has 2 aliphatic heterocycles. The number of halogens is 1. The summed E-state index contributed by atoms with van der Waals surface area (Å²) in [6, 6.07) is -1.25. The van der Waals surface area contributed by atoms with E-state index in [4.69, 9.17) is 4.74 Å². The minimum atomic E-state index is -1.42. The number of aliphatic hydroxyl groups is 4. The van der Waals surface area contributed by atoms with Crippen molar-refractivity contribution in [2.45, 2.75) is 81.1 Å². The molecule has 9 atom stereocenters. The number of amides is 1. The molecular weight excluding hydrogens is 396 g/mol. The Morgan fingerprint density at radius 3 is 2.52 bits per heavy atom. The Morgan fingerprint density at radius 2 is 1.96 bits per heavy atom. The highest BCUT2D eigenvalue weighted by Gasteiger charge is 2.48. The second kappa shape index (κ2) is 11.2. The summed E-state index contributed by atoms with van der Waals surface area (Å²) in [6.07, 6.45) is -1.54. The van der Waals surface area contributed by atoms with Gasteiger partial charge in [0.15, 0.2) is 0 Å². The fourth-order valence-electron chi connectivity index (χ4n) is 3.74. The first-order chi connectivity index (χ1) is 12.3. The van der Waals surface area contributed by atoms with Gasteiger partial charge in [-0.15, -0.1) is 24.2 Å². The molecule has 0 radical (unpaired) electrons. The molecule has 8 nitrogen and oxygen atoms in total. The molecule has 2 fully saturated rings. The summed E-state index contributed by atoms with van der Waals surface area (Å²) in [5.74, 6) is 0.196. The van der Waals surface area contributed by atoms with Crippen LogP contribution in [0.25, 0.3) is 0 Å². The second-order valence-corrected chi connectivity index (χ2v) is 8.24. The summed E-state index contributed by atoms with van der Waals surface area (Å²) >= 11 is 1.19. The maximum atomic E-state index is 12.6. The summed E-state index contributed by atoms with van der Waals surface area (Å²) in [5.41, 5.74) is -0.755. The minimum Gasteiger partial charge on any atom is -0.391 e. The zero-order valence-electron chi connectivity index (χ0n) is 15.9. The number of rotatable bonds is 7. The van der Waals surface area contributed by atoms with Gasteiger partial charge in [-0.2, -0.15) is 0 Å². The van der Waals surface area contributed by atoms with Gasteiger partial charge in [0.2, 0.25) is 5.91 Å². The van der Waals surface area contributed by atoms with E-state index < -0.39 is 42.0 Å². The molecule has 27 heavy (non-hydrogen) atoms. The van der Waals surface area contributed by atoms with E-state index in [1.165, 1.54) is 18.7 Å². The van der Waals surface area contributed by atoms with Crippen LogP contribution >= 0.6 is 24.2 Å². The summed E-state index contributed by atoms with van der Waals surface area (Å²) in [7, 11) is 0. The first kappa shape index (κ1) is 24.9. The van der Waals surface area contributed by atoms with E-state index in [0.717, 1.165) is 25.8 Å². The van der Waals surface area contributed by atoms with E-state index in [2.05, 4.69) is 17.6 Å². The Balaban J connectivity index is 0.00000364. The van der Waals surface area contributed by atoms with Crippen molar-refractivity contribution in [1.82, 2.24) is 10.6 Å². The summed E-state index contributed by atoms with van der Waals surface area (Å²) < 4.78 is 5.69. The van der Waals surface area contributed by atoms with Crippen LogP contribution in [0.4, 0.5) is 0 Å². The topological polar surface area (TPSA) is 131 Å². The molecule has 0 aliphatic carbocycles. The quantitative estimate of drug-likeness (QED) is 0.311. The molecule has 2 heterocycles. The largest absolute Gasteiger partial charge is 0.391 e. The normalized spacial score (nSPS) is 38.7. The molecule has 2 rings (SSSR count). The molecule has 0 spiro atoms. The molecule has 2 saturated heterocycles. The maximum absolute atomic E-state index is 12.6. The van der Waals surface area contributed by atoms with Crippen LogP contribution in [0.15, 0.2) is 0 Å². The maximum Gasteiger partial charge on any atom is 0.237 e. The molecule has 0 saturated carbocycles. The van der Waals surface area contributed by atoms with Crippen LogP contribution in [0.2, 0.25) is 0 Å². The van der Waals surface area contributed by atoms with E-state index in [-0.39, 0.29) is 24.4 Å². The van der Waals surface area contributed by atoms with Gasteiger partial charge < -0.3 is 35.8 Å². The standard InChI is InChI=1S/C17H32N2O6S.ClH/c1-4-5-9-6-10(18-7-9)16(24)19-11(8(2)20)15-13(22)12(21)14(23)17(25-15)26-3;/h8-15,17-18,20-23H,4-7H2,1-3H3,(H,19,24);1H/t8-,9-,10+,11-,12+,13-,14-,15-,17-;/m1./s1. The van der Waals surface area contributed by atoms with Crippen molar-refractivity contribution in [2.75, 3.05) is 12.8 Å². The molecule has 1 amide bonds. The van der Waals surface area contributed by atoms with E-state index >= 15 is 0 Å². The number of carbonyl (C=O) groups excluding carboxylic acids is 1. The monoisotopic (exact) mass is 428 g/mol. The third kappa shape index (κ3) is 5.93. The first-order valence-corrected chi connectivity index (χ1v) is 10.5. The van der Waals surface area contributed by atoms with Crippen molar-refractivity contribution in [1.29, 1.82) is 0 Å². The number of nitrogens with one attached hydrogen (secondary N) is 2. The van der Waals surface area contributed by atoms with Gasteiger partial charge in [0.05, 0.1) is 18.2 Å². The Bertz CT molecular complexity index is 473. The van der Waals surface area contributed by atoms with Crippen molar-refractivity contribution in [3.05, 3.63) is 0 Å². The summed E-state index contributed by atoms with van der Waals surface area (Å²) in [4.78, 5) is 12.6. The van der Waals surface area contributed by atoms with E-state index in [1.54, 1.807) is 6.26 Å². The number of ether oxygens (including phenoxy) is 1. The van der Waals surface area contributed by atoms with E-state index in [9.17, 15) is 25.2 Å². The third-order valence-corrected chi connectivity index (χ3v) is 6.11. The number of hydrogen-bond acceptors (Lipinski definition) is 8. The lowest BCUT2D eigenvalue weighted by Gasteiger charge is -2.44. The van der Waals surface area contributed by atoms with Gasteiger partial charge in [-0.1, -0.05) is 13.3 Å². The zero-order chi connectivity index (χ0) is 19.4. The molecule has 0 unspecified atom stereocenters. The van der Waals surface area contributed by atoms with Gasteiger partial charge in [0, 0.05) is 0 Å². The van der Waals surface area contributed by atoms with Crippen LogP contribution in [0.3, 0.4) is 0 Å².